The number of H-pyrrole nitrogens is 1. The van der Waals surface area contributed by atoms with Gasteiger partial charge in [-0.1, -0.05) is 24.3 Å². The Labute approximate surface area is 143 Å². The van der Waals surface area contributed by atoms with Crippen LogP contribution in [0.2, 0.25) is 0 Å². The number of hydrogen-bond acceptors (Lipinski definition) is 2. The second kappa shape index (κ2) is 6.29. The number of hydrogen-bond donors (Lipinski definition) is 3. The summed E-state index contributed by atoms with van der Waals surface area (Å²) < 4.78 is 26.9. The fourth-order valence-electron chi connectivity index (χ4n) is 2.93. The van der Waals surface area contributed by atoms with Crippen LogP contribution in [0.4, 0.5) is 8.78 Å². The SMILES string of the molecule is Cc1[nH]c2ccccc2c1C(=O)NCC(C)(O)c1ccc(F)cc1F. The summed E-state index contributed by atoms with van der Waals surface area (Å²) in [7, 11) is 0. The molecule has 0 aliphatic carbocycles. The number of aromatic nitrogens is 1. The molecule has 2 aromatic carbocycles. The number of benzene rings is 2. The van der Waals surface area contributed by atoms with Crippen molar-refractivity contribution in [2.24, 2.45) is 0 Å². The fraction of sp³-hybridized carbons (Fsp3) is 0.211. The highest BCUT2D eigenvalue weighted by molar-refractivity contribution is 6.08. The predicted molar refractivity (Wildman–Crippen MR) is 91.3 cm³/mol. The molecule has 3 aromatic rings. The number of para-hydroxylation sites is 1. The molecule has 0 saturated heterocycles. The van der Waals surface area contributed by atoms with Crippen LogP contribution >= 0.6 is 0 Å². The zero-order valence-electron chi connectivity index (χ0n) is 13.9. The standard InChI is InChI=1S/C19H18F2N2O2/c1-11-17(13-5-3-4-6-16(13)23-11)18(24)22-10-19(2,25)14-8-7-12(20)9-15(14)21/h3-9,23,25H,10H2,1-2H3,(H,22,24). The first-order valence-corrected chi connectivity index (χ1v) is 7.83. The van der Waals surface area contributed by atoms with E-state index >= 15 is 0 Å². The molecule has 25 heavy (non-hydrogen) atoms. The van der Waals surface area contributed by atoms with E-state index in [2.05, 4.69) is 10.3 Å². The van der Waals surface area contributed by atoms with Gasteiger partial charge in [-0.05, 0) is 26.0 Å². The van der Waals surface area contributed by atoms with Crippen molar-refractivity contribution >= 4 is 16.8 Å². The summed E-state index contributed by atoms with van der Waals surface area (Å²) in [5.74, 6) is -1.96. The summed E-state index contributed by atoms with van der Waals surface area (Å²) in [6.45, 7) is 2.94. The third kappa shape index (κ3) is 3.25. The monoisotopic (exact) mass is 344 g/mol. The number of amides is 1. The number of rotatable bonds is 4. The van der Waals surface area contributed by atoms with Gasteiger partial charge < -0.3 is 15.4 Å². The summed E-state index contributed by atoms with van der Waals surface area (Å²) in [5, 5.41) is 13.9. The highest BCUT2D eigenvalue weighted by atomic mass is 19.1. The van der Waals surface area contributed by atoms with Crippen LogP contribution in [-0.2, 0) is 5.60 Å². The van der Waals surface area contributed by atoms with Gasteiger partial charge in [0.2, 0.25) is 0 Å². The Morgan fingerprint density at radius 2 is 1.96 bits per heavy atom. The second-order valence-electron chi connectivity index (χ2n) is 6.25. The van der Waals surface area contributed by atoms with E-state index in [1.807, 2.05) is 24.3 Å². The quantitative estimate of drug-likeness (QED) is 0.679. The minimum Gasteiger partial charge on any atom is -0.383 e. The van der Waals surface area contributed by atoms with Crippen molar-refractivity contribution < 1.29 is 18.7 Å². The third-order valence-electron chi connectivity index (χ3n) is 4.23. The number of aliphatic hydroxyl groups is 1. The lowest BCUT2D eigenvalue weighted by Crippen LogP contribution is -2.39. The van der Waals surface area contributed by atoms with Gasteiger partial charge in [-0.25, -0.2) is 8.78 Å². The van der Waals surface area contributed by atoms with E-state index in [0.29, 0.717) is 17.3 Å². The van der Waals surface area contributed by atoms with Crippen molar-refractivity contribution in [3.63, 3.8) is 0 Å². The smallest absolute Gasteiger partial charge is 0.253 e. The molecule has 1 atom stereocenters. The van der Waals surface area contributed by atoms with Crippen molar-refractivity contribution in [2.75, 3.05) is 6.54 Å². The zero-order chi connectivity index (χ0) is 18.2. The van der Waals surface area contributed by atoms with Crippen LogP contribution in [0.5, 0.6) is 0 Å². The van der Waals surface area contributed by atoms with E-state index in [4.69, 9.17) is 0 Å². The predicted octanol–water partition coefficient (Wildman–Crippen LogP) is 3.39. The number of aryl methyl sites for hydroxylation is 1. The van der Waals surface area contributed by atoms with Gasteiger partial charge in [-0.2, -0.15) is 0 Å². The van der Waals surface area contributed by atoms with Crippen molar-refractivity contribution in [1.82, 2.24) is 10.3 Å². The molecule has 3 N–H and O–H groups in total. The topological polar surface area (TPSA) is 65.1 Å². The van der Waals surface area contributed by atoms with Crippen molar-refractivity contribution in [1.29, 1.82) is 0 Å². The lowest BCUT2D eigenvalue weighted by molar-refractivity contribution is 0.0494. The van der Waals surface area contributed by atoms with Crippen LogP contribution in [0.3, 0.4) is 0 Å². The lowest BCUT2D eigenvalue weighted by Gasteiger charge is -2.24. The van der Waals surface area contributed by atoms with Crippen molar-refractivity contribution in [3.8, 4) is 0 Å². The zero-order valence-corrected chi connectivity index (χ0v) is 13.9. The molecule has 1 aromatic heterocycles. The minimum atomic E-state index is -1.67. The van der Waals surface area contributed by atoms with Crippen LogP contribution in [0.25, 0.3) is 10.9 Å². The average molecular weight is 344 g/mol. The molecule has 1 amide bonds. The molecule has 3 rings (SSSR count). The van der Waals surface area contributed by atoms with Gasteiger partial charge in [0.25, 0.3) is 5.91 Å². The molecule has 0 saturated carbocycles. The minimum absolute atomic E-state index is 0.0788. The van der Waals surface area contributed by atoms with Gasteiger partial charge >= 0.3 is 0 Å². The van der Waals surface area contributed by atoms with E-state index in [9.17, 15) is 18.7 Å². The number of carbonyl (C=O) groups excluding carboxylic acids is 1. The van der Waals surface area contributed by atoms with Crippen LogP contribution in [0.15, 0.2) is 42.5 Å². The molecule has 0 aliphatic rings. The average Bonchev–Trinajstić information content (AvgIpc) is 2.88. The Balaban J connectivity index is 1.82. The van der Waals surface area contributed by atoms with E-state index in [1.165, 1.54) is 13.0 Å². The molecule has 0 radical (unpaired) electrons. The Morgan fingerprint density at radius 1 is 1.24 bits per heavy atom. The highest BCUT2D eigenvalue weighted by Crippen LogP contribution is 2.25. The van der Waals surface area contributed by atoms with Gasteiger partial charge in [-0.3, -0.25) is 4.79 Å². The van der Waals surface area contributed by atoms with Crippen molar-refractivity contribution in [2.45, 2.75) is 19.4 Å². The molecule has 6 heteroatoms. The van der Waals surface area contributed by atoms with Gasteiger partial charge in [0.05, 0.1) is 12.1 Å². The van der Waals surface area contributed by atoms with E-state index in [0.717, 1.165) is 17.0 Å². The highest BCUT2D eigenvalue weighted by Gasteiger charge is 2.28. The van der Waals surface area contributed by atoms with Crippen LogP contribution < -0.4 is 5.32 Å². The van der Waals surface area contributed by atoms with Gasteiger partial charge in [0, 0.05) is 28.2 Å². The normalized spacial score (nSPS) is 13.6. The first-order valence-electron chi connectivity index (χ1n) is 7.83. The summed E-state index contributed by atoms with van der Waals surface area (Å²) in [6.07, 6.45) is 0. The van der Waals surface area contributed by atoms with Gasteiger partial charge in [-0.15, -0.1) is 0 Å². The molecule has 0 aliphatic heterocycles. The molecule has 0 bridgehead atoms. The number of fused-ring (bicyclic) bond motifs is 1. The van der Waals surface area contributed by atoms with Crippen molar-refractivity contribution in [3.05, 3.63) is 70.9 Å². The number of nitrogens with one attached hydrogen (secondary N) is 2. The first kappa shape index (κ1) is 17.1. The Morgan fingerprint density at radius 3 is 2.68 bits per heavy atom. The molecule has 0 spiro atoms. The summed E-state index contributed by atoms with van der Waals surface area (Å²) in [5.41, 5.74) is 0.261. The maximum Gasteiger partial charge on any atom is 0.253 e. The molecule has 1 heterocycles. The molecule has 130 valence electrons. The third-order valence-corrected chi connectivity index (χ3v) is 4.23. The molecule has 0 fully saturated rings. The summed E-state index contributed by atoms with van der Waals surface area (Å²) in [6, 6.07) is 10.3. The molecular formula is C19H18F2N2O2. The summed E-state index contributed by atoms with van der Waals surface area (Å²) in [4.78, 5) is 15.7. The first-order chi connectivity index (χ1) is 11.8. The Bertz CT molecular complexity index is 948. The number of carbonyl (C=O) groups is 1. The lowest BCUT2D eigenvalue weighted by atomic mass is 9.95. The van der Waals surface area contributed by atoms with Crippen LogP contribution in [0, 0.1) is 18.6 Å². The number of halogens is 2. The van der Waals surface area contributed by atoms with Gasteiger partial charge in [0.1, 0.15) is 17.2 Å². The van der Waals surface area contributed by atoms with Crippen LogP contribution in [0.1, 0.15) is 28.5 Å². The maximum atomic E-state index is 13.9. The fourth-order valence-corrected chi connectivity index (χ4v) is 2.93. The maximum absolute atomic E-state index is 13.9. The Kier molecular flexibility index (Phi) is 4.30. The van der Waals surface area contributed by atoms with Crippen LogP contribution in [-0.4, -0.2) is 22.5 Å². The van der Waals surface area contributed by atoms with E-state index in [1.54, 1.807) is 6.92 Å². The largest absolute Gasteiger partial charge is 0.383 e. The molecular weight excluding hydrogens is 326 g/mol. The van der Waals surface area contributed by atoms with E-state index in [-0.39, 0.29) is 18.0 Å². The molecule has 4 nitrogen and oxygen atoms in total. The van der Waals surface area contributed by atoms with Gasteiger partial charge in [0.15, 0.2) is 0 Å². The summed E-state index contributed by atoms with van der Waals surface area (Å²) >= 11 is 0. The Hall–Kier alpha value is -2.73. The molecule has 1 unspecified atom stereocenters. The van der Waals surface area contributed by atoms with E-state index < -0.39 is 17.2 Å². The number of aromatic amines is 1. The second-order valence-corrected chi connectivity index (χ2v) is 6.25.